The van der Waals surface area contributed by atoms with E-state index in [1.54, 1.807) is 6.07 Å². The summed E-state index contributed by atoms with van der Waals surface area (Å²) in [6.45, 7) is 8.68. The zero-order chi connectivity index (χ0) is 14.8. The highest BCUT2D eigenvalue weighted by atomic mass is 16.3. The third kappa shape index (κ3) is 3.13. The summed E-state index contributed by atoms with van der Waals surface area (Å²) >= 11 is 0. The average molecular weight is 269 g/mol. The van der Waals surface area contributed by atoms with E-state index in [1.165, 1.54) is 5.56 Å². The van der Waals surface area contributed by atoms with Crippen molar-refractivity contribution in [3.05, 3.63) is 59.7 Å². The summed E-state index contributed by atoms with van der Waals surface area (Å²) in [5.74, 6) is 0.334. The van der Waals surface area contributed by atoms with Crippen molar-refractivity contribution in [1.29, 1.82) is 0 Å². The fraction of sp³-hybridized carbons (Fsp3) is 0.333. The minimum absolute atomic E-state index is 0.0553. The van der Waals surface area contributed by atoms with Gasteiger partial charge in [0, 0.05) is 11.3 Å². The standard InChI is InChI=1S/C18H23NO/c1-13(14-9-5-8-12-17(14)20)19-16-11-7-6-10-15(16)18(2,3)4/h5-13,19-20H,1-4H3. The Morgan fingerprint density at radius 3 is 2.20 bits per heavy atom. The van der Waals surface area contributed by atoms with Crippen molar-refractivity contribution in [2.24, 2.45) is 0 Å². The summed E-state index contributed by atoms with van der Waals surface area (Å²) in [6.07, 6.45) is 0. The Kier molecular flexibility index (Phi) is 4.03. The van der Waals surface area contributed by atoms with Crippen LogP contribution in [0.25, 0.3) is 0 Å². The van der Waals surface area contributed by atoms with Gasteiger partial charge in [-0.05, 0) is 30.0 Å². The number of para-hydroxylation sites is 2. The molecule has 0 heterocycles. The van der Waals surface area contributed by atoms with E-state index < -0.39 is 0 Å². The van der Waals surface area contributed by atoms with Crippen molar-refractivity contribution < 1.29 is 5.11 Å². The van der Waals surface area contributed by atoms with Gasteiger partial charge in [0.1, 0.15) is 5.75 Å². The van der Waals surface area contributed by atoms with E-state index in [1.807, 2.05) is 24.3 Å². The van der Waals surface area contributed by atoms with Crippen LogP contribution in [0.3, 0.4) is 0 Å². The lowest BCUT2D eigenvalue weighted by Crippen LogP contribution is -2.16. The van der Waals surface area contributed by atoms with Crippen LogP contribution >= 0.6 is 0 Å². The van der Waals surface area contributed by atoms with Crippen molar-refractivity contribution in [1.82, 2.24) is 0 Å². The number of benzene rings is 2. The molecular weight excluding hydrogens is 246 g/mol. The van der Waals surface area contributed by atoms with E-state index in [0.717, 1.165) is 11.3 Å². The molecule has 20 heavy (non-hydrogen) atoms. The van der Waals surface area contributed by atoms with Crippen LogP contribution in [-0.4, -0.2) is 5.11 Å². The highest BCUT2D eigenvalue weighted by Gasteiger charge is 2.19. The highest BCUT2D eigenvalue weighted by Crippen LogP contribution is 2.33. The fourth-order valence-electron chi connectivity index (χ4n) is 2.43. The number of hydrogen-bond donors (Lipinski definition) is 2. The molecule has 0 aliphatic heterocycles. The Balaban J connectivity index is 2.29. The quantitative estimate of drug-likeness (QED) is 0.833. The molecule has 2 rings (SSSR count). The minimum atomic E-state index is 0.0553. The molecule has 0 spiro atoms. The fourth-order valence-corrected chi connectivity index (χ4v) is 2.43. The molecule has 0 aliphatic carbocycles. The van der Waals surface area contributed by atoms with Gasteiger partial charge in [0.25, 0.3) is 0 Å². The lowest BCUT2D eigenvalue weighted by atomic mass is 9.85. The Morgan fingerprint density at radius 1 is 0.950 bits per heavy atom. The van der Waals surface area contributed by atoms with E-state index in [9.17, 15) is 5.11 Å². The van der Waals surface area contributed by atoms with E-state index in [2.05, 4.69) is 51.2 Å². The van der Waals surface area contributed by atoms with Gasteiger partial charge in [0.2, 0.25) is 0 Å². The average Bonchev–Trinajstić information content (AvgIpc) is 2.38. The summed E-state index contributed by atoms with van der Waals surface area (Å²) in [4.78, 5) is 0. The normalized spacial score (nSPS) is 13.0. The zero-order valence-electron chi connectivity index (χ0n) is 12.6. The molecule has 0 fully saturated rings. The monoisotopic (exact) mass is 269 g/mol. The van der Waals surface area contributed by atoms with Gasteiger partial charge < -0.3 is 10.4 Å². The summed E-state index contributed by atoms with van der Waals surface area (Å²) < 4.78 is 0. The Labute approximate surface area is 121 Å². The molecule has 2 aromatic rings. The van der Waals surface area contributed by atoms with Crippen molar-refractivity contribution in [2.75, 3.05) is 5.32 Å². The first-order chi connectivity index (χ1) is 9.39. The molecule has 0 amide bonds. The van der Waals surface area contributed by atoms with Crippen LogP contribution in [0.5, 0.6) is 5.75 Å². The number of hydrogen-bond acceptors (Lipinski definition) is 2. The third-order valence-electron chi connectivity index (χ3n) is 3.51. The van der Waals surface area contributed by atoms with Gasteiger partial charge in [0.05, 0.1) is 6.04 Å². The second kappa shape index (κ2) is 5.58. The van der Waals surface area contributed by atoms with E-state index >= 15 is 0 Å². The molecule has 2 aromatic carbocycles. The Hall–Kier alpha value is -1.96. The molecule has 0 aromatic heterocycles. The maximum Gasteiger partial charge on any atom is 0.120 e. The number of phenolic OH excluding ortho intramolecular Hbond substituents is 1. The van der Waals surface area contributed by atoms with Gasteiger partial charge in [-0.3, -0.25) is 0 Å². The summed E-state index contributed by atoms with van der Waals surface area (Å²) in [5, 5.41) is 13.5. The molecular formula is C18H23NO. The van der Waals surface area contributed by atoms with E-state index in [-0.39, 0.29) is 11.5 Å². The van der Waals surface area contributed by atoms with Crippen molar-refractivity contribution >= 4 is 5.69 Å². The van der Waals surface area contributed by atoms with Gasteiger partial charge in [-0.1, -0.05) is 57.2 Å². The SMILES string of the molecule is CC(Nc1ccccc1C(C)(C)C)c1ccccc1O. The highest BCUT2D eigenvalue weighted by molar-refractivity contribution is 5.56. The maximum absolute atomic E-state index is 9.95. The topological polar surface area (TPSA) is 32.3 Å². The van der Waals surface area contributed by atoms with Crippen LogP contribution < -0.4 is 5.32 Å². The van der Waals surface area contributed by atoms with Crippen LogP contribution in [0.4, 0.5) is 5.69 Å². The lowest BCUT2D eigenvalue weighted by molar-refractivity contribution is 0.465. The van der Waals surface area contributed by atoms with Gasteiger partial charge in [-0.15, -0.1) is 0 Å². The summed E-state index contributed by atoms with van der Waals surface area (Å²) in [6, 6.07) is 15.9. The molecule has 0 saturated heterocycles. The van der Waals surface area contributed by atoms with Crippen molar-refractivity contribution in [3.63, 3.8) is 0 Å². The van der Waals surface area contributed by atoms with E-state index in [4.69, 9.17) is 0 Å². The molecule has 0 aliphatic rings. The van der Waals surface area contributed by atoms with Gasteiger partial charge in [-0.25, -0.2) is 0 Å². The molecule has 2 heteroatoms. The molecule has 0 radical (unpaired) electrons. The lowest BCUT2D eigenvalue weighted by Gasteiger charge is -2.26. The smallest absolute Gasteiger partial charge is 0.120 e. The predicted molar refractivity (Wildman–Crippen MR) is 85.3 cm³/mol. The third-order valence-corrected chi connectivity index (χ3v) is 3.51. The molecule has 0 saturated carbocycles. The van der Waals surface area contributed by atoms with Crippen LogP contribution in [0.2, 0.25) is 0 Å². The molecule has 1 unspecified atom stereocenters. The predicted octanol–water partition coefficient (Wildman–Crippen LogP) is 4.86. The van der Waals surface area contributed by atoms with Crippen LogP contribution in [0.15, 0.2) is 48.5 Å². The van der Waals surface area contributed by atoms with Gasteiger partial charge in [-0.2, -0.15) is 0 Å². The largest absolute Gasteiger partial charge is 0.508 e. The molecule has 2 N–H and O–H groups in total. The van der Waals surface area contributed by atoms with Gasteiger partial charge >= 0.3 is 0 Å². The molecule has 0 bridgehead atoms. The van der Waals surface area contributed by atoms with Crippen molar-refractivity contribution in [3.8, 4) is 5.75 Å². The molecule has 2 nitrogen and oxygen atoms in total. The minimum Gasteiger partial charge on any atom is -0.508 e. The number of aromatic hydroxyl groups is 1. The second-order valence-electron chi connectivity index (χ2n) is 6.22. The second-order valence-corrected chi connectivity index (χ2v) is 6.22. The van der Waals surface area contributed by atoms with Crippen LogP contribution in [0.1, 0.15) is 44.9 Å². The van der Waals surface area contributed by atoms with Gasteiger partial charge in [0.15, 0.2) is 0 Å². The summed E-state index contributed by atoms with van der Waals surface area (Å²) in [5.41, 5.74) is 3.40. The van der Waals surface area contributed by atoms with Crippen LogP contribution in [-0.2, 0) is 5.41 Å². The molecule has 1 atom stereocenters. The van der Waals surface area contributed by atoms with Crippen LogP contribution in [0, 0.1) is 0 Å². The number of phenols is 1. The maximum atomic E-state index is 9.95. The first-order valence-electron chi connectivity index (χ1n) is 7.03. The molecule has 106 valence electrons. The first kappa shape index (κ1) is 14.4. The number of anilines is 1. The zero-order valence-corrected chi connectivity index (χ0v) is 12.6. The first-order valence-corrected chi connectivity index (χ1v) is 7.03. The Morgan fingerprint density at radius 2 is 1.55 bits per heavy atom. The van der Waals surface area contributed by atoms with E-state index in [0.29, 0.717) is 5.75 Å². The summed E-state index contributed by atoms with van der Waals surface area (Å²) in [7, 11) is 0. The Bertz CT molecular complexity index is 584. The van der Waals surface area contributed by atoms with Crippen molar-refractivity contribution in [2.45, 2.75) is 39.2 Å². The number of nitrogens with one attached hydrogen (secondary N) is 1. The number of rotatable bonds is 3.